The minimum Gasteiger partial charge on any atom is -0.352 e. The van der Waals surface area contributed by atoms with Gasteiger partial charge in [0.05, 0.1) is 4.90 Å². The maximum Gasteiger partial charge on any atom is 0.242 e. The predicted octanol–water partition coefficient (Wildman–Crippen LogP) is 2.52. The average Bonchev–Trinajstić information content (AvgIpc) is 3.04. The van der Waals surface area contributed by atoms with Crippen LogP contribution in [0.25, 0.3) is 0 Å². The number of carbonyl (C=O) groups is 1. The van der Waals surface area contributed by atoms with Gasteiger partial charge in [-0.05, 0) is 24.0 Å². The van der Waals surface area contributed by atoms with Crippen molar-refractivity contribution in [2.75, 3.05) is 14.1 Å². The highest BCUT2D eigenvalue weighted by molar-refractivity contribution is 7.89. The number of rotatable bonds is 7. The van der Waals surface area contributed by atoms with E-state index in [-0.39, 0.29) is 17.3 Å². The summed E-state index contributed by atoms with van der Waals surface area (Å²) in [5, 5.41) is 2.85. The summed E-state index contributed by atoms with van der Waals surface area (Å²) in [6, 6.07) is 6.81. The van der Waals surface area contributed by atoms with Gasteiger partial charge in [0.2, 0.25) is 15.9 Å². The van der Waals surface area contributed by atoms with Crippen LogP contribution in [0.15, 0.2) is 29.2 Å². The molecule has 6 heteroatoms. The Labute approximate surface area is 139 Å². The maximum absolute atomic E-state index is 12.3. The molecule has 1 fully saturated rings. The van der Waals surface area contributed by atoms with E-state index in [0.717, 1.165) is 6.42 Å². The first-order valence-corrected chi connectivity index (χ1v) is 9.62. The lowest BCUT2D eigenvalue weighted by molar-refractivity contribution is -0.121. The first-order valence-electron chi connectivity index (χ1n) is 8.18. The summed E-state index contributed by atoms with van der Waals surface area (Å²) in [5.41, 5.74) is 0.621. The summed E-state index contributed by atoms with van der Waals surface area (Å²) in [7, 11) is -0.486. The van der Waals surface area contributed by atoms with E-state index < -0.39 is 10.0 Å². The highest BCUT2D eigenvalue weighted by Gasteiger charge is 2.21. The molecule has 5 nitrogen and oxygen atoms in total. The third kappa shape index (κ3) is 4.78. The number of nitrogens with one attached hydrogen (secondary N) is 1. The molecule has 0 aromatic heterocycles. The molecule has 1 amide bonds. The van der Waals surface area contributed by atoms with E-state index in [2.05, 4.69) is 5.32 Å². The van der Waals surface area contributed by atoms with Crippen molar-refractivity contribution >= 4 is 15.9 Å². The lowest BCUT2D eigenvalue weighted by atomic mass is 10.0. The molecule has 0 spiro atoms. The Morgan fingerprint density at radius 3 is 2.52 bits per heavy atom. The quantitative estimate of drug-likeness (QED) is 0.831. The molecular weight excluding hydrogens is 312 g/mol. The molecule has 1 N–H and O–H groups in total. The summed E-state index contributed by atoms with van der Waals surface area (Å²) in [4.78, 5) is 12.2. The van der Waals surface area contributed by atoms with Gasteiger partial charge in [0, 0.05) is 27.1 Å². The van der Waals surface area contributed by atoms with Gasteiger partial charge in [0.25, 0.3) is 0 Å². The standard InChI is InChI=1S/C17H26N2O3S/c1-19(2)23(21,22)16-10-6-5-9-15(16)13-18-17(20)12-11-14-7-3-4-8-14/h5-6,9-10,14H,3-4,7-8,11-13H2,1-2H3,(H,18,20). The van der Waals surface area contributed by atoms with Gasteiger partial charge in [-0.15, -0.1) is 0 Å². The summed E-state index contributed by atoms with van der Waals surface area (Å²) in [5.74, 6) is 0.677. The van der Waals surface area contributed by atoms with Gasteiger partial charge in [0.15, 0.2) is 0 Å². The molecule has 0 heterocycles. The molecule has 0 atom stereocenters. The number of amides is 1. The Kier molecular flexibility index (Phi) is 6.18. The molecule has 1 aromatic carbocycles. The van der Waals surface area contributed by atoms with Crippen molar-refractivity contribution in [1.82, 2.24) is 9.62 Å². The van der Waals surface area contributed by atoms with E-state index in [1.807, 2.05) is 0 Å². The van der Waals surface area contributed by atoms with Crippen molar-refractivity contribution in [3.8, 4) is 0 Å². The molecule has 128 valence electrons. The highest BCUT2D eigenvalue weighted by Crippen LogP contribution is 2.28. The Bertz CT molecular complexity index is 635. The molecule has 1 aromatic rings. The summed E-state index contributed by atoms with van der Waals surface area (Å²) >= 11 is 0. The lowest BCUT2D eigenvalue weighted by Crippen LogP contribution is -2.27. The van der Waals surface area contributed by atoms with Gasteiger partial charge in [-0.2, -0.15) is 0 Å². The molecular formula is C17H26N2O3S. The Morgan fingerprint density at radius 2 is 1.87 bits per heavy atom. The second-order valence-electron chi connectivity index (χ2n) is 6.36. The van der Waals surface area contributed by atoms with Crippen molar-refractivity contribution in [2.24, 2.45) is 5.92 Å². The fraction of sp³-hybridized carbons (Fsp3) is 0.588. The summed E-state index contributed by atoms with van der Waals surface area (Å²) in [6.07, 6.45) is 6.48. The smallest absolute Gasteiger partial charge is 0.242 e. The van der Waals surface area contributed by atoms with Crippen molar-refractivity contribution in [1.29, 1.82) is 0 Å². The first kappa shape index (κ1) is 17.9. The molecule has 1 aliphatic carbocycles. The topological polar surface area (TPSA) is 66.5 Å². The molecule has 0 saturated heterocycles. The van der Waals surface area contributed by atoms with Gasteiger partial charge in [-0.3, -0.25) is 4.79 Å². The highest BCUT2D eigenvalue weighted by atomic mass is 32.2. The number of hydrogen-bond acceptors (Lipinski definition) is 3. The Balaban J connectivity index is 1.94. The average molecular weight is 338 g/mol. The van der Waals surface area contributed by atoms with Crippen molar-refractivity contribution in [2.45, 2.75) is 50.0 Å². The fourth-order valence-corrected chi connectivity index (χ4v) is 4.13. The second kappa shape index (κ2) is 7.93. The van der Waals surface area contributed by atoms with Crippen LogP contribution in [0.5, 0.6) is 0 Å². The zero-order chi connectivity index (χ0) is 16.9. The number of hydrogen-bond donors (Lipinski definition) is 1. The van der Waals surface area contributed by atoms with Crippen LogP contribution in [0.1, 0.15) is 44.1 Å². The van der Waals surface area contributed by atoms with E-state index in [4.69, 9.17) is 0 Å². The molecule has 2 rings (SSSR count). The molecule has 0 unspecified atom stereocenters. The number of nitrogens with zero attached hydrogens (tertiary/aromatic N) is 1. The Morgan fingerprint density at radius 1 is 1.22 bits per heavy atom. The van der Waals surface area contributed by atoms with E-state index in [1.54, 1.807) is 24.3 Å². The molecule has 1 saturated carbocycles. The van der Waals surface area contributed by atoms with Gasteiger partial charge in [-0.1, -0.05) is 43.9 Å². The SMILES string of the molecule is CN(C)S(=O)(=O)c1ccccc1CNC(=O)CCC1CCCC1. The summed E-state index contributed by atoms with van der Waals surface area (Å²) in [6.45, 7) is 0.243. The molecule has 1 aliphatic rings. The van der Waals surface area contributed by atoms with Gasteiger partial charge < -0.3 is 5.32 Å². The minimum absolute atomic E-state index is 0.00560. The Hall–Kier alpha value is -1.40. The van der Waals surface area contributed by atoms with E-state index in [1.165, 1.54) is 44.1 Å². The zero-order valence-electron chi connectivity index (χ0n) is 13.9. The van der Waals surface area contributed by atoms with Crippen LogP contribution < -0.4 is 5.32 Å². The monoisotopic (exact) mass is 338 g/mol. The normalized spacial score (nSPS) is 16.0. The van der Waals surface area contributed by atoms with E-state index >= 15 is 0 Å². The first-order chi connectivity index (χ1) is 10.9. The third-order valence-corrected chi connectivity index (χ3v) is 6.38. The predicted molar refractivity (Wildman–Crippen MR) is 90.4 cm³/mol. The van der Waals surface area contributed by atoms with Crippen LogP contribution >= 0.6 is 0 Å². The fourth-order valence-electron chi connectivity index (χ4n) is 3.01. The van der Waals surface area contributed by atoms with Crippen LogP contribution in [0.3, 0.4) is 0 Å². The van der Waals surface area contributed by atoms with Crippen LogP contribution in [-0.4, -0.2) is 32.7 Å². The molecule has 23 heavy (non-hydrogen) atoms. The number of carbonyl (C=O) groups excluding carboxylic acids is 1. The zero-order valence-corrected chi connectivity index (χ0v) is 14.7. The number of benzene rings is 1. The van der Waals surface area contributed by atoms with Crippen LogP contribution in [0, 0.1) is 5.92 Å². The van der Waals surface area contributed by atoms with Crippen molar-refractivity contribution < 1.29 is 13.2 Å². The van der Waals surface area contributed by atoms with Gasteiger partial charge in [-0.25, -0.2) is 12.7 Å². The van der Waals surface area contributed by atoms with Crippen LogP contribution in [-0.2, 0) is 21.4 Å². The van der Waals surface area contributed by atoms with Crippen LogP contribution in [0.2, 0.25) is 0 Å². The van der Waals surface area contributed by atoms with Gasteiger partial charge in [0.1, 0.15) is 0 Å². The van der Waals surface area contributed by atoms with E-state index in [9.17, 15) is 13.2 Å². The molecule has 0 aliphatic heterocycles. The second-order valence-corrected chi connectivity index (χ2v) is 8.48. The molecule has 0 radical (unpaired) electrons. The maximum atomic E-state index is 12.3. The van der Waals surface area contributed by atoms with Crippen molar-refractivity contribution in [3.63, 3.8) is 0 Å². The largest absolute Gasteiger partial charge is 0.352 e. The minimum atomic E-state index is -3.50. The van der Waals surface area contributed by atoms with Gasteiger partial charge >= 0.3 is 0 Å². The third-order valence-electron chi connectivity index (χ3n) is 4.46. The molecule has 0 bridgehead atoms. The van der Waals surface area contributed by atoms with E-state index in [0.29, 0.717) is 17.9 Å². The summed E-state index contributed by atoms with van der Waals surface area (Å²) < 4.78 is 25.8. The van der Waals surface area contributed by atoms with Crippen molar-refractivity contribution in [3.05, 3.63) is 29.8 Å². The number of sulfonamides is 1. The lowest BCUT2D eigenvalue weighted by Gasteiger charge is -2.15. The van der Waals surface area contributed by atoms with Crippen LogP contribution in [0.4, 0.5) is 0 Å².